The van der Waals surface area contributed by atoms with E-state index in [-0.39, 0.29) is 6.54 Å². The minimum atomic E-state index is -4.69. The Balaban J connectivity index is 2.63. The summed E-state index contributed by atoms with van der Waals surface area (Å²) in [7, 11) is 1.17. The summed E-state index contributed by atoms with van der Waals surface area (Å²) in [6.07, 6.45) is -1.63. The van der Waals surface area contributed by atoms with Gasteiger partial charge in [0.1, 0.15) is 0 Å². The number of carbonyl (C=O) groups excluding carboxylic acids is 2. The molecule has 0 aliphatic carbocycles. The number of rotatable bonds is 4. The zero-order valence-corrected chi connectivity index (χ0v) is 9.75. The summed E-state index contributed by atoms with van der Waals surface area (Å²) >= 11 is 0. The number of imidazole rings is 1. The molecule has 0 saturated heterocycles. The highest BCUT2D eigenvalue weighted by Crippen LogP contribution is 2.29. The molecule has 1 amide bonds. The first-order valence-corrected chi connectivity index (χ1v) is 4.99. The highest BCUT2D eigenvalue weighted by atomic mass is 19.4. The number of hydrogen-bond donors (Lipinski definition) is 2. The Morgan fingerprint density at radius 2 is 2.21 bits per heavy atom. The van der Waals surface area contributed by atoms with Crippen LogP contribution < -0.4 is 5.32 Å². The molecule has 2 N–H and O–H groups in total. The van der Waals surface area contributed by atoms with E-state index in [2.05, 4.69) is 15.0 Å². The molecule has 0 aliphatic heterocycles. The molecular formula is C10H10F3N3O3. The Morgan fingerprint density at radius 3 is 2.79 bits per heavy atom. The number of alkyl halides is 3. The normalized spacial score (nSPS) is 11.6. The number of halogens is 3. The van der Waals surface area contributed by atoms with Crippen molar-refractivity contribution in [1.82, 2.24) is 15.3 Å². The number of aromatic amines is 1. The van der Waals surface area contributed by atoms with Crippen LogP contribution in [0, 0.1) is 0 Å². The van der Waals surface area contributed by atoms with Crippen LogP contribution in [0.3, 0.4) is 0 Å². The lowest BCUT2D eigenvalue weighted by molar-refractivity contribution is -0.141. The van der Waals surface area contributed by atoms with Crippen LogP contribution in [-0.2, 0) is 15.7 Å². The van der Waals surface area contributed by atoms with Gasteiger partial charge in [-0.1, -0.05) is 6.08 Å². The molecule has 0 radical (unpaired) electrons. The minimum absolute atomic E-state index is 0.127. The highest BCUT2D eigenvalue weighted by Gasteiger charge is 2.37. The van der Waals surface area contributed by atoms with E-state index in [1.54, 1.807) is 0 Å². The van der Waals surface area contributed by atoms with Gasteiger partial charge in [-0.25, -0.2) is 9.78 Å². The summed E-state index contributed by atoms with van der Waals surface area (Å²) in [5, 5.41) is 2.16. The molecule has 1 heterocycles. The van der Waals surface area contributed by atoms with E-state index in [0.29, 0.717) is 0 Å². The Labute approximate surface area is 105 Å². The van der Waals surface area contributed by atoms with Crippen LogP contribution >= 0.6 is 0 Å². The number of hydrogen-bond acceptors (Lipinski definition) is 4. The molecule has 0 atom stereocenters. The van der Waals surface area contributed by atoms with Crippen molar-refractivity contribution < 1.29 is 27.5 Å². The number of methoxy groups -OCH3 is 1. The topological polar surface area (TPSA) is 84.1 Å². The fourth-order valence-electron chi connectivity index (χ4n) is 1.14. The third-order valence-corrected chi connectivity index (χ3v) is 1.97. The molecule has 0 aromatic carbocycles. The third kappa shape index (κ3) is 4.12. The SMILES string of the molecule is COC(=O)/C=C/CNC(=O)c1nc[nH]c1C(F)(F)F. The number of ether oxygens (including phenoxy) is 1. The fraction of sp³-hybridized carbons (Fsp3) is 0.300. The van der Waals surface area contributed by atoms with Crippen molar-refractivity contribution in [3.05, 3.63) is 29.9 Å². The molecule has 1 aromatic heterocycles. The van der Waals surface area contributed by atoms with Crippen LogP contribution in [0.5, 0.6) is 0 Å². The van der Waals surface area contributed by atoms with E-state index in [1.807, 2.05) is 4.98 Å². The smallest absolute Gasteiger partial charge is 0.433 e. The van der Waals surface area contributed by atoms with E-state index in [9.17, 15) is 22.8 Å². The summed E-state index contributed by atoms with van der Waals surface area (Å²) in [5.74, 6) is -1.63. The molecule has 19 heavy (non-hydrogen) atoms. The molecule has 104 valence electrons. The second-order valence-electron chi connectivity index (χ2n) is 3.26. The average molecular weight is 277 g/mol. The fourth-order valence-corrected chi connectivity index (χ4v) is 1.14. The standard InChI is InChI=1S/C10H10F3N3O3/c1-19-6(17)3-2-4-14-9(18)7-8(10(11,12)13)16-5-15-7/h2-3,5H,4H2,1H3,(H,14,18)(H,15,16)/b3-2+. The molecule has 1 aromatic rings. The van der Waals surface area contributed by atoms with E-state index in [0.717, 1.165) is 12.4 Å². The van der Waals surface area contributed by atoms with Gasteiger partial charge in [0.2, 0.25) is 0 Å². The van der Waals surface area contributed by atoms with Crippen molar-refractivity contribution in [1.29, 1.82) is 0 Å². The van der Waals surface area contributed by atoms with Gasteiger partial charge in [-0.15, -0.1) is 0 Å². The predicted molar refractivity (Wildman–Crippen MR) is 57.1 cm³/mol. The maximum atomic E-state index is 12.5. The van der Waals surface area contributed by atoms with E-state index in [1.165, 1.54) is 13.2 Å². The van der Waals surface area contributed by atoms with E-state index in [4.69, 9.17) is 0 Å². The van der Waals surface area contributed by atoms with Crippen LogP contribution in [0.4, 0.5) is 13.2 Å². The lowest BCUT2D eigenvalue weighted by Crippen LogP contribution is -2.26. The first kappa shape index (κ1) is 14.7. The van der Waals surface area contributed by atoms with Crippen LogP contribution in [0.25, 0.3) is 0 Å². The lowest BCUT2D eigenvalue weighted by atomic mass is 10.3. The monoisotopic (exact) mass is 277 g/mol. The van der Waals surface area contributed by atoms with Crippen LogP contribution in [0.1, 0.15) is 16.2 Å². The van der Waals surface area contributed by atoms with Crippen molar-refractivity contribution in [3.8, 4) is 0 Å². The van der Waals surface area contributed by atoms with Crippen molar-refractivity contribution >= 4 is 11.9 Å². The van der Waals surface area contributed by atoms with Crippen LogP contribution in [0.2, 0.25) is 0 Å². The Morgan fingerprint density at radius 1 is 1.53 bits per heavy atom. The van der Waals surface area contributed by atoms with Gasteiger partial charge in [-0.2, -0.15) is 13.2 Å². The van der Waals surface area contributed by atoms with Gasteiger partial charge in [0.15, 0.2) is 11.4 Å². The van der Waals surface area contributed by atoms with Gasteiger partial charge < -0.3 is 15.0 Å². The lowest BCUT2D eigenvalue weighted by Gasteiger charge is -2.06. The number of nitrogens with one attached hydrogen (secondary N) is 2. The quantitative estimate of drug-likeness (QED) is 0.632. The Kier molecular flexibility index (Phi) is 4.67. The number of H-pyrrole nitrogens is 1. The summed E-state index contributed by atoms with van der Waals surface area (Å²) in [4.78, 5) is 27.3. The molecule has 0 unspecified atom stereocenters. The van der Waals surface area contributed by atoms with Gasteiger partial charge in [-0.3, -0.25) is 4.79 Å². The molecule has 0 saturated carbocycles. The summed E-state index contributed by atoms with van der Waals surface area (Å²) in [6.45, 7) is -0.127. The number of carbonyl (C=O) groups is 2. The zero-order chi connectivity index (χ0) is 14.5. The predicted octanol–water partition coefficient (Wildman–Crippen LogP) is 0.887. The molecule has 1 rings (SSSR count). The van der Waals surface area contributed by atoms with E-state index >= 15 is 0 Å². The van der Waals surface area contributed by atoms with E-state index < -0.39 is 29.4 Å². The van der Waals surface area contributed by atoms with Crippen molar-refractivity contribution in [2.45, 2.75) is 6.18 Å². The van der Waals surface area contributed by atoms with Gasteiger partial charge in [0.25, 0.3) is 5.91 Å². The van der Waals surface area contributed by atoms with Gasteiger partial charge >= 0.3 is 12.1 Å². The Hall–Kier alpha value is -2.32. The molecule has 0 aliphatic rings. The second-order valence-corrected chi connectivity index (χ2v) is 3.26. The first-order chi connectivity index (χ1) is 8.86. The number of amides is 1. The number of nitrogens with zero attached hydrogens (tertiary/aromatic N) is 1. The van der Waals surface area contributed by atoms with Crippen LogP contribution in [-0.4, -0.2) is 35.5 Å². The number of esters is 1. The van der Waals surface area contributed by atoms with Crippen molar-refractivity contribution in [2.75, 3.05) is 13.7 Å². The second kappa shape index (κ2) is 6.03. The zero-order valence-electron chi connectivity index (χ0n) is 9.75. The third-order valence-electron chi connectivity index (χ3n) is 1.97. The van der Waals surface area contributed by atoms with Crippen molar-refractivity contribution in [2.24, 2.45) is 0 Å². The van der Waals surface area contributed by atoms with Crippen LogP contribution in [0.15, 0.2) is 18.5 Å². The summed E-state index contributed by atoms with van der Waals surface area (Å²) in [5.41, 5.74) is -1.97. The Bertz CT molecular complexity index is 494. The minimum Gasteiger partial charge on any atom is -0.466 e. The van der Waals surface area contributed by atoms with Gasteiger partial charge in [0.05, 0.1) is 13.4 Å². The highest BCUT2D eigenvalue weighted by molar-refractivity contribution is 5.93. The van der Waals surface area contributed by atoms with Crippen molar-refractivity contribution in [3.63, 3.8) is 0 Å². The first-order valence-electron chi connectivity index (χ1n) is 4.99. The molecule has 6 nitrogen and oxygen atoms in total. The molecular weight excluding hydrogens is 267 g/mol. The summed E-state index contributed by atoms with van der Waals surface area (Å²) < 4.78 is 41.7. The molecule has 9 heteroatoms. The molecule has 0 fully saturated rings. The maximum Gasteiger partial charge on any atom is 0.433 e. The van der Waals surface area contributed by atoms with Gasteiger partial charge in [0, 0.05) is 12.6 Å². The number of aromatic nitrogens is 2. The maximum absolute atomic E-state index is 12.5. The average Bonchev–Trinajstić information content (AvgIpc) is 2.82. The van der Waals surface area contributed by atoms with Gasteiger partial charge in [-0.05, 0) is 0 Å². The summed E-state index contributed by atoms with van der Waals surface area (Å²) in [6, 6.07) is 0. The largest absolute Gasteiger partial charge is 0.466 e. The molecule has 0 spiro atoms. The molecule has 0 bridgehead atoms.